The predicted octanol–water partition coefficient (Wildman–Crippen LogP) is 1.33. The van der Waals surface area contributed by atoms with Crippen molar-refractivity contribution in [1.29, 1.82) is 0 Å². The molecule has 0 saturated heterocycles. The van der Waals surface area contributed by atoms with Crippen LogP contribution in [-0.2, 0) is 0 Å². The van der Waals surface area contributed by atoms with Crippen LogP contribution < -0.4 is 5.32 Å². The largest absolute Gasteiger partial charge is 0.386 e. The number of carbonyl (C=O) groups excluding carboxylic acids is 1. The number of hydrogen-bond acceptors (Lipinski definition) is 3. The minimum absolute atomic E-state index is 0.0186. The minimum Gasteiger partial charge on any atom is -0.386 e. The summed E-state index contributed by atoms with van der Waals surface area (Å²) in [5.41, 5.74) is 1.27. The Kier molecular flexibility index (Phi) is 2.21. The van der Waals surface area contributed by atoms with E-state index in [4.69, 9.17) is 0 Å². The van der Waals surface area contributed by atoms with Gasteiger partial charge in [-0.15, -0.1) is 0 Å². The molecule has 0 amide bonds. The number of ketones is 1. The molecule has 1 aromatic heterocycles. The molecule has 0 aromatic carbocycles. The average molecular weight is 150 g/mol. The van der Waals surface area contributed by atoms with E-state index in [2.05, 4.69) is 10.3 Å². The number of pyridine rings is 1. The lowest BCUT2D eigenvalue weighted by Crippen LogP contribution is -2.02. The Hall–Kier alpha value is -1.38. The quantitative estimate of drug-likeness (QED) is 0.646. The summed E-state index contributed by atoms with van der Waals surface area (Å²) in [6, 6.07) is 3.61. The van der Waals surface area contributed by atoms with Gasteiger partial charge < -0.3 is 5.32 Å². The van der Waals surface area contributed by atoms with Gasteiger partial charge in [0.05, 0.1) is 5.69 Å². The van der Waals surface area contributed by atoms with Crippen LogP contribution in [0.1, 0.15) is 17.4 Å². The molecule has 1 rings (SSSR count). The Bertz CT molecular complexity index is 271. The van der Waals surface area contributed by atoms with E-state index in [1.807, 2.05) is 6.07 Å². The topological polar surface area (TPSA) is 42.0 Å². The first-order valence-corrected chi connectivity index (χ1v) is 3.39. The van der Waals surface area contributed by atoms with Crippen LogP contribution in [0, 0.1) is 0 Å². The lowest BCUT2D eigenvalue weighted by molar-refractivity contribution is 0.101. The molecule has 0 fully saturated rings. The maximum atomic E-state index is 10.9. The molecule has 58 valence electrons. The number of carbonyl (C=O) groups is 1. The van der Waals surface area contributed by atoms with Crippen LogP contribution in [-0.4, -0.2) is 17.8 Å². The average Bonchev–Trinajstić information content (AvgIpc) is 2.04. The van der Waals surface area contributed by atoms with Crippen LogP contribution in [0.3, 0.4) is 0 Å². The van der Waals surface area contributed by atoms with Crippen molar-refractivity contribution in [2.24, 2.45) is 0 Å². The summed E-state index contributed by atoms with van der Waals surface area (Å²) in [5, 5.41) is 2.89. The number of hydrogen-bond donors (Lipinski definition) is 1. The summed E-state index contributed by atoms with van der Waals surface area (Å²) in [7, 11) is 1.77. The van der Waals surface area contributed by atoms with E-state index in [0.717, 1.165) is 5.69 Å². The third kappa shape index (κ3) is 1.55. The molecule has 0 aliphatic rings. The SMILES string of the molecule is CNc1cccnc1C(C)=O. The molecule has 0 spiro atoms. The second-order valence-electron chi connectivity index (χ2n) is 2.21. The molecule has 3 nitrogen and oxygen atoms in total. The fourth-order valence-corrected chi connectivity index (χ4v) is 0.888. The molecule has 1 aromatic rings. The van der Waals surface area contributed by atoms with Crippen molar-refractivity contribution >= 4 is 11.5 Å². The summed E-state index contributed by atoms with van der Waals surface area (Å²) in [6.07, 6.45) is 1.61. The van der Waals surface area contributed by atoms with Gasteiger partial charge in [-0.05, 0) is 12.1 Å². The van der Waals surface area contributed by atoms with Crippen LogP contribution in [0.5, 0.6) is 0 Å². The molecule has 3 heteroatoms. The fourth-order valence-electron chi connectivity index (χ4n) is 0.888. The van der Waals surface area contributed by atoms with E-state index in [-0.39, 0.29) is 5.78 Å². The minimum atomic E-state index is -0.0186. The van der Waals surface area contributed by atoms with Crippen molar-refractivity contribution in [3.8, 4) is 0 Å². The van der Waals surface area contributed by atoms with Crippen molar-refractivity contribution in [2.75, 3.05) is 12.4 Å². The highest BCUT2D eigenvalue weighted by Crippen LogP contribution is 2.10. The molecular weight excluding hydrogens is 140 g/mol. The van der Waals surface area contributed by atoms with Gasteiger partial charge in [0, 0.05) is 20.2 Å². The molecule has 11 heavy (non-hydrogen) atoms. The normalized spacial score (nSPS) is 9.27. The molecule has 0 radical (unpaired) electrons. The van der Waals surface area contributed by atoms with Crippen LogP contribution in [0.4, 0.5) is 5.69 Å². The number of nitrogens with zero attached hydrogens (tertiary/aromatic N) is 1. The van der Waals surface area contributed by atoms with Gasteiger partial charge in [-0.1, -0.05) is 0 Å². The smallest absolute Gasteiger partial charge is 0.180 e. The van der Waals surface area contributed by atoms with Gasteiger partial charge in [0.1, 0.15) is 5.69 Å². The molecule has 0 aliphatic heterocycles. The fraction of sp³-hybridized carbons (Fsp3) is 0.250. The molecule has 1 N–H and O–H groups in total. The first kappa shape index (κ1) is 7.72. The van der Waals surface area contributed by atoms with Crippen LogP contribution in [0.2, 0.25) is 0 Å². The van der Waals surface area contributed by atoms with Gasteiger partial charge in [0.25, 0.3) is 0 Å². The Morgan fingerprint density at radius 3 is 2.82 bits per heavy atom. The van der Waals surface area contributed by atoms with Gasteiger partial charge in [-0.2, -0.15) is 0 Å². The number of anilines is 1. The van der Waals surface area contributed by atoms with E-state index in [1.165, 1.54) is 6.92 Å². The third-order valence-corrected chi connectivity index (χ3v) is 1.41. The van der Waals surface area contributed by atoms with Gasteiger partial charge in [-0.25, -0.2) is 0 Å². The summed E-state index contributed by atoms with van der Waals surface area (Å²) >= 11 is 0. The second kappa shape index (κ2) is 3.14. The van der Waals surface area contributed by atoms with Crippen molar-refractivity contribution in [2.45, 2.75) is 6.92 Å². The highest BCUT2D eigenvalue weighted by Gasteiger charge is 2.04. The highest BCUT2D eigenvalue weighted by molar-refractivity contribution is 5.97. The van der Waals surface area contributed by atoms with Gasteiger partial charge in [0.15, 0.2) is 5.78 Å². The molecule has 0 atom stereocenters. The summed E-state index contributed by atoms with van der Waals surface area (Å²) in [5.74, 6) is -0.0186. The summed E-state index contributed by atoms with van der Waals surface area (Å²) in [6.45, 7) is 1.50. The van der Waals surface area contributed by atoms with Gasteiger partial charge in [-0.3, -0.25) is 9.78 Å². The number of aromatic nitrogens is 1. The zero-order valence-corrected chi connectivity index (χ0v) is 6.59. The Labute approximate surface area is 65.5 Å². The Balaban J connectivity index is 3.12. The molecule has 0 unspecified atom stereocenters. The zero-order valence-electron chi connectivity index (χ0n) is 6.59. The predicted molar refractivity (Wildman–Crippen MR) is 43.8 cm³/mol. The maximum Gasteiger partial charge on any atom is 0.180 e. The monoisotopic (exact) mass is 150 g/mol. The van der Waals surface area contributed by atoms with E-state index < -0.39 is 0 Å². The summed E-state index contributed by atoms with van der Waals surface area (Å²) < 4.78 is 0. The van der Waals surface area contributed by atoms with Crippen molar-refractivity contribution in [1.82, 2.24) is 4.98 Å². The van der Waals surface area contributed by atoms with Crippen molar-refractivity contribution in [3.05, 3.63) is 24.0 Å². The van der Waals surface area contributed by atoms with E-state index in [1.54, 1.807) is 19.3 Å². The molecule has 0 aliphatic carbocycles. The zero-order chi connectivity index (χ0) is 8.27. The number of rotatable bonds is 2. The van der Waals surface area contributed by atoms with Crippen LogP contribution in [0.15, 0.2) is 18.3 Å². The molecule has 1 heterocycles. The first-order chi connectivity index (χ1) is 5.25. The van der Waals surface area contributed by atoms with E-state index in [0.29, 0.717) is 5.69 Å². The highest BCUT2D eigenvalue weighted by atomic mass is 16.1. The van der Waals surface area contributed by atoms with Crippen molar-refractivity contribution < 1.29 is 4.79 Å². The van der Waals surface area contributed by atoms with Gasteiger partial charge >= 0.3 is 0 Å². The maximum absolute atomic E-state index is 10.9. The summed E-state index contributed by atoms with van der Waals surface area (Å²) in [4.78, 5) is 14.9. The van der Waals surface area contributed by atoms with Crippen LogP contribution in [0.25, 0.3) is 0 Å². The third-order valence-electron chi connectivity index (χ3n) is 1.41. The molecular formula is C8H10N2O. The lowest BCUT2D eigenvalue weighted by Gasteiger charge is -2.02. The van der Waals surface area contributed by atoms with Crippen LogP contribution >= 0.6 is 0 Å². The van der Waals surface area contributed by atoms with Crippen molar-refractivity contribution in [3.63, 3.8) is 0 Å². The van der Waals surface area contributed by atoms with E-state index in [9.17, 15) is 4.79 Å². The first-order valence-electron chi connectivity index (χ1n) is 3.39. The second-order valence-corrected chi connectivity index (χ2v) is 2.21. The number of nitrogens with one attached hydrogen (secondary N) is 1. The Morgan fingerprint density at radius 2 is 2.36 bits per heavy atom. The molecule has 0 saturated carbocycles. The lowest BCUT2D eigenvalue weighted by atomic mass is 10.2. The van der Waals surface area contributed by atoms with Gasteiger partial charge in [0.2, 0.25) is 0 Å². The number of Topliss-reactive ketones (excluding diaryl/α,β-unsaturated/α-hetero) is 1. The van der Waals surface area contributed by atoms with E-state index >= 15 is 0 Å². The standard InChI is InChI=1S/C8H10N2O/c1-6(11)8-7(9-2)4-3-5-10-8/h3-5,9H,1-2H3. The Morgan fingerprint density at radius 1 is 1.64 bits per heavy atom. The molecule has 0 bridgehead atoms.